The van der Waals surface area contributed by atoms with Gasteiger partial charge >= 0.3 is 0 Å². The van der Waals surface area contributed by atoms with Gasteiger partial charge in [0.15, 0.2) is 0 Å². The van der Waals surface area contributed by atoms with Crippen LogP contribution < -0.4 is 10.5 Å². The molecule has 154 valence electrons. The first-order valence-electron chi connectivity index (χ1n) is 10.5. The zero-order chi connectivity index (χ0) is 20.4. The van der Waals surface area contributed by atoms with Crippen LogP contribution in [-0.2, 0) is 16.6 Å². The molecule has 0 bridgehead atoms. The van der Waals surface area contributed by atoms with Crippen LogP contribution in [0.4, 0.5) is 0 Å². The Balaban J connectivity index is 1.32. The van der Waals surface area contributed by atoms with Gasteiger partial charge in [-0.25, -0.2) is 0 Å². The van der Waals surface area contributed by atoms with E-state index in [1.54, 1.807) is 7.11 Å². The number of ether oxygens (including phenoxy) is 1. The number of benzene rings is 2. The van der Waals surface area contributed by atoms with Gasteiger partial charge in [0.1, 0.15) is 5.75 Å². The number of carbonyl (C=O) groups is 1. The van der Waals surface area contributed by atoms with Crippen LogP contribution in [-0.4, -0.2) is 42.2 Å². The zero-order valence-corrected chi connectivity index (χ0v) is 17.0. The Kier molecular flexibility index (Phi) is 5.61. The number of aryl methyl sites for hydroxylation is 1. The van der Waals surface area contributed by atoms with Gasteiger partial charge in [0.05, 0.1) is 19.3 Å². The van der Waals surface area contributed by atoms with Crippen molar-refractivity contribution in [2.45, 2.75) is 49.7 Å². The van der Waals surface area contributed by atoms with E-state index in [1.165, 1.54) is 11.1 Å². The van der Waals surface area contributed by atoms with E-state index in [2.05, 4.69) is 18.2 Å². The summed E-state index contributed by atoms with van der Waals surface area (Å²) in [5.41, 5.74) is 9.43. The highest BCUT2D eigenvalue weighted by molar-refractivity contribution is 5.76. The minimum atomic E-state index is -0.577. The lowest BCUT2D eigenvalue weighted by Gasteiger charge is -2.42. The molecule has 5 heteroatoms. The Morgan fingerprint density at radius 2 is 1.86 bits per heavy atom. The third-order valence-corrected chi connectivity index (χ3v) is 6.79. The summed E-state index contributed by atoms with van der Waals surface area (Å²) in [4.78, 5) is 14.7. The zero-order valence-electron chi connectivity index (χ0n) is 17.0. The summed E-state index contributed by atoms with van der Waals surface area (Å²) in [6.45, 7) is 1.36. The molecule has 2 aromatic rings. The number of rotatable bonds is 5. The molecular formula is C24H30N2O3. The van der Waals surface area contributed by atoms with Crippen LogP contribution in [0.25, 0.3) is 0 Å². The summed E-state index contributed by atoms with van der Waals surface area (Å²) in [5.74, 6) is 1.06. The van der Waals surface area contributed by atoms with E-state index < -0.39 is 6.10 Å². The molecule has 1 amide bonds. The molecule has 29 heavy (non-hydrogen) atoms. The number of amides is 1. The van der Waals surface area contributed by atoms with E-state index in [4.69, 9.17) is 10.5 Å². The van der Waals surface area contributed by atoms with E-state index >= 15 is 0 Å². The molecule has 0 saturated carbocycles. The fraction of sp³-hybridized carbons (Fsp3) is 0.458. The summed E-state index contributed by atoms with van der Waals surface area (Å²) in [7, 11) is 1.66. The number of piperidine rings is 1. The maximum absolute atomic E-state index is 12.7. The van der Waals surface area contributed by atoms with Crippen molar-refractivity contribution in [3.05, 3.63) is 65.2 Å². The molecule has 5 nitrogen and oxygen atoms in total. The normalized spacial score (nSPS) is 22.5. The number of hydrogen-bond donors (Lipinski definition) is 2. The number of carbonyl (C=O) groups excluding carboxylic acids is 1. The Bertz CT molecular complexity index is 857. The average molecular weight is 395 g/mol. The van der Waals surface area contributed by atoms with Crippen molar-refractivity contribution in [3.8, 4) is 5.75 Å². The number of aliphatic hydroxyl groups excluding tert-OH is 1. The summed E-state index contributed by atoms with van der Waals surface area (Å²) >= 11 is 0. The standard InChI is InChI=1S/C24H30N2O3/c1-29-18-11-9-17(10-12-18)5-4-8-21(27)26-15-13-24(14-16-26)20-7-3-2-6-19(20)22(25)23(24)28/h2-3,6-7,9-12,22-23,28H,4-5,8,13-16,25H2,1H3/t22-,23+/m1/s1. The van der Waals surface area contributed by atoms with Crippen LogP contribution in [0.5, 0.6) is 5.75 Å². The second-order valence-corrected chi connectivity index (χ2v) is 8.30. The summed E-state index contributed by atoms with van der Waals surface area (Å²) in [6.07, 6.45) is 3.23. The number of likely N-dealkylation sites (tertiary alicyclic amines) is 1. The molecular weight excluding hydrogens is 364 g/mol. The van der Waals surface area contributed by atoms with Gasteiger partial charge in [-0.15, -0.1) is 0 Å². The van der Waals surface area contributed by atoms with Gasteiger partial charge < -0.3 is 20.5 Å². The van der Waals surface area contributed by atoms with E-state index in [1.807, 2.05) is 35.2 Å². The summed E-state index contributed by atoms with van der Waals surface area (Å²) in [6, 6.07) is 15.8. The Labute approximate surface area is 172 Å². The molecule has 1 fully saturated rings. The molecule has 1 heterocycles. The van der Waals surface area contributed by atoms with Gasteiger partial charge in [-0.2, -0.15) is 0 Å². The lowest BCUT2D eigenvalue weighted by atomic mass is 9.72. The van der Waals surface area contributed by atoms with Gasteiger partial charge in [0.2, 0.25) is 5.91 Å². The van der Waals surface area contributed by atoms with Crippen LogP contribution in [0.15, 0.2) is 48.5 Å². The van der Waals surface area contributed by atoms with Gasteiger partial charge in [-0.05, 0) is 54.5 Å². The van der Waals surface area contributed by atoms with Crippen molar-refractivity contribution >= 4 is 5.91 Å². The second-order valence-electron chi connectivity index (χ2n) is 8.30. The third kappa shape index (κ3) is 3.65. The van der Waals surface area contributed by atoms with Crippen LogP contribution in [0.1, 0.15) is 48.4 Å². The Morgan fingerprint density at radius 1 is 1.17 bits per heavy atom. The molecule has 1 aliphatic heterocycles. The molecule has 0 unspecified atom stereocenters. The van der Waals surface area contributed by atoms with Gasteiger partial charge in [0, 0.05) is 24.9 Å². The van der Waals surface area contributed by atoms with Gasteiger partial charge in [-0.3, -0.25) is 4.79 Å². The predicted octanol–water partition coefficient (Wildman–Crippen LogP) is 2.95. The third-order valence-electron chi connectivity index (χ3n) is 6.79. The van der Waals surface area contributed by atoms with E-state index in [0.717, 1.165) is 37.0 Å². The molecule has 4 rings (SSSR count). The summed E-state index contributed by atoms with van der Waals surface area (Å²) in [5, 5.41) is 10.9. The monoisotopic (exact) mass is 394 g/mol. The van der Waals surface area contributed by atoms with E-state index in [0.29, 0.717) is 19.5 Å². The molecule has 2 aliphatic rings. The number of nitrogens with zero attached hydrogens (tertiary/aromatic N) is 1. The first-order valence-corrected chi connectivity index (χ1v) is 10.5. The fourth-order valence-corrected chi connectivity index (χ4v) is 5.03. The summed E-state index contributed by atoms with van der Waals surface area (Å²) < 4.78 is 5.18. The number of methoxy groups -OCH3 is 1. The molecule has 3 N–H and O–H groups in total. The highest BCUT2D eigenvalue weighted by Gasteiger charge is 2.51. The van der Waals surface area contributed by atoms with Crippen molar-refractivity contribution in [2.75, 3.05) is 20.2 Å². The second kappa shape index (κ2) is 8.17. The highest BCUT2D eigenvalue weighted by Crippen LogP contribution is 2.50. The van der Waals surface area contributed by atoms with Crippen LogP contribution >= 0.6 is 0 Å². The fourth-order valence-electron chi connectivity index (χ4n) is 5.03. The first-order chi connectivity index (χ1) is 14.0. The van der Waals surface area contributed by atoms with Crippen molar-refractivity contribution in [1.29, 1.82) is 0 Å². The molecule has 2 atom stereocenters. The minimum Gasteiger partial charge on any atom is -0.497 e. The van der Waals surface area contributed by atoms with Crippen LogP contribution in [0, 0.1) is 0 Å². The smallest absolute Gasteiger partial charge is 0.222 e. The van der Waals surface area contributed by atoms with Crippen LogP contribution in [0.3, 0.4) is 0 Å². The molecule has 1 saturated heterocycles. The van der Waals surface area contributed by atoms with Gasteiger partial charge in [0.25, 0.3) is 0 Å². The maximum atomic E-state index is 12.7. The number of nitrogens with two attached hydrogens (primary N) is 1. The van der Waals surface area contributed by atoms with Gasteiger partial charge in [-0.1, -0.05) is 36.4 Å². The van der Waals surface area contributed by atoms with Crippen molar-refractivity contribution < 1.29 is 14.6 Å². The number of fused-ring (bicyclic) bond motifs is 2. The lowest BCUT2D eigenvalue weighted by molar-refractivity contribution is -0.133. The lowest BCUT2D eigenvalue weighted by Crippen LogP contribution is -2.50. The van der Waals surface area contributed by atoms with E-state index in [-0.39, 0.29) is 17.4 Å². The Morgan fingerprint density at radius 3 is 2.55 bits per heavy atom. The molecule has 0 aromatic heterocycles. The molecule has 1 aliphatic carbocycles. The Hall–Kier alpha value is -2.37. The van der Waals surface area contributed by atoms with Crippen molar-refractivity contribution in [3.63, 3.8) is 0 Å². The average Bonchev–Trinajstić information content (AvgIpc) is 2.97. The van der Waals surface area contributed by atoms with Crippen molar-refractivity contribution in [1.82, 2.24) is 4.90 Å². The predicted molar refractivity (Wildman–Crippen MR) is 113 cm³/mol. The quantitative estimate of drug-likeness (QED) is 0.818. The number of hydrogen-bond acceptors (Lipinski definition) is 4. The van der Waals surface area contributed by atoms with E-state index in [9.17, 15) is 9.90 Å². The minimum absolute atomic E-state index is 0.207. The van der Waals surface area contributed by atoms with Crippen molar-refractivity contribution in [2.24, 2.45) is 5.73 Å². The largest absolute Gasteiger partial charge is 0.497 e. The first kappa shape index (κ1) is 19.9. The highest BCUT2D eigenvalue weighted by atomic mass is 16.5. The maximum Gasteiger partial charge on any atom is 0.222 e. The van der Waals surface area contributed by atoms with Crippen LogP contribution in [0.2, 0.25) is 0 Å². The molecule has 2 aromatic carbocycles. The number of aliphatic hydroxyl groups is 1. The topological polar surface area (TPSA) is 75.8 Å². The SMILES string of the molecule is COc1ccc(CCCC(=O)N2CCC3(CC2)c2ccccc2[C@@H](N)[C@@H]3O)cc1. The molecule has 0 radical (unpaired) electrons. The molecule has 1 spiro atoms.